The number of halogens is 2. The van der Waals surface area contributed by atoms with Crippen LogP contribution in [0, 0.1) is 11.6 Å². The molecular formula is C17H25F2N3O. The number of hydrogen-bond acceptors (Lipinski definition) is 3. The summed E-state index contributed by atoms with van der Waals surface area (Å²) in [6.07, 6.45) is 3.85. The van der Waals surface area contributed by atoms with Crippen LogP contribution in [0.3, 0.4) is 0 Å². The molecular weight excluding hydrogens is 300 g/mol. The van der Waals surface area contributed by atoms with Gasteiger partial charge in [-0.25, -0.2) is 8.78 Å². The normalized spacial score (nSPS) is 18.7. The molecule has 1 amide bonds. The fourth-order valence-electron chi connectivity index (χ4n) is 3.13. The Morgan fingerprint density at radius 3 is 2.52 bits per heavy atom. The van der Waals surface area contributed by atoms with Gasteiger partial charge in [0.1, 0.15) is 5.69 Å². The Hall–Kier alpha value is -1.69. The summed E-state index contributed by atoms with van der Waals surface area (Å²) >= 11 is 0. The van der Waals surface area contributed by atoms with Crippen LogP contribution in [-0.2, 0) is 4.79 Å². The van der Waals surface area contributed by atoms with Crippen molar-refractivity contribution in [2.45, 2.75) is 38.6 Å². The molecule has 128 valence electrons. The summed E-state index contributed by atoms with van der Waals surface area (Å²) in [6, 6.07) is 2.12. The van der Waals surface area contributed by atoms with E-state index in [0.717, 1.165) is 38.8 Å². The van der Waals surface area contributed by atoms with Gasteiger partial charge in [-0.2, -0.15) is 0 Å². The second-order valence-electron chi connectivity index (χ2n) is 6.22. The lowest BCUT2D eigenvalue weighted by atomic mass is 10.0. The molecule has 0 radical (unpaired) electrons. The van der Waals surface area contributed by atoms with Gasteiger partial charge in [0, 0.05) is 19.8 Å². The second-order valence-corrected chi connectivity index (χ2v) is 6.22. The van der Waals surface area contributed by atoms with Gasteiger partial charge in [0.15, 0.2) is 11.6 Å². The highest BCUT2D eigenvalue weighted by Gasteiger charge is 2.28. The van der Waals surface area contributed by atoms with Gasteiger partial charge in [0.25, 0.3) is 0 Å². The molecule has 1 unspecified atom stereocenters. The number of rotatable bonds is 5. The number of carbonyl (C=O) groups excluding carboxylic acids is 1. The Kier molecular flexibility index (Phi) is 5.93. The van der Waals surface area contributed by atoms with Crippen LogP contribution in [0.25, 0.3) is 0 Å². The number of carbonyl (C=O) groups is 1. The molecule has 6 heteroatoms. The number of likely N-dealkylation sites (tertiary alicyclic amines) is 1. The van der Waals surface area contributed by atoms with E-state index in [1.807, 2.05) is 0 Å². The fourth-order valence-corrected chi connectivity index (χ4v) is 3.13. The van der Waals surface area contributed by atoms with Crippen molar-refractivity contribution >= 4 is 17.3 Å². The summed E-state index contributed by atoms with van der Waals surface area (Å²) in [5, 5.41) is 2.67. The Morgan fingerprint density at radius 2 is 1.96 bits per heavy atom. The predicted molar refractivity (Wildman–Crippen MR) is 88.8 cm³/mol. The van der Waals surface area contributed by atoms with Gasteiger partial charge in [-0.15, -0.1) is 0 Å². The monoisotopic (exact) mass is 325 g/mol. The van der Waals surface area contributed by atoms with Crippen LogP contribution in [0.1, 0.15) is 32.6 Å². The summed E-state index contributed by atoms with van der Waals surface area (Å²) in [4.78, 5) is 16.0. The van der Waals surface area contributed by atoms with Crippen LogP contribution < -0.4 is 10.2 Å². The molecule has 0 saturated carbocycles. The maximum atomic E-state index is 14.0. The number of nitrogens with zero attached hydrogens (tertiary/aromatic N) is 2. The minimum Gasteiger partial charge on any atom is -0.373 e. The zero-order valence-corrected chi connectivity index (χ0v) is 14.0. The molecule has 23 heavy (non-hydrogen) atoms. The first-order chi connectivity index (χ1) is 10.9. The second kappa shape index (κ2) is 7.73. The highest BCUT2D eigenvalue weighted by Crippen LogP contribution is 2.26. The van der Waals surface area contributed by atoms with Gasteiger partial charge in [-0.05, 0) is 44.5 Å². The summed E-state index contributed by atoms with van der Waals surface area (Å²) in [5.74, 6) is -1.55. The molecule has 1 N–H and O–H groups in total. The minimum absolute atomic E-state index is 0.103. The molecule has 1 aliphatic rings. The average Bonchev–Trinajstić information content (AvgIpc) is 2.46. The highest BCUT2D eigenvalue weighted by molar-refractivity contribution is 5.95. The van der Waals surface area contributed by atoms with Gasteiger partial charge in [0.2, 0.25) is 5.91 Å². The Balaban J connectivity index is 2.13. The first kappa shape index (κ1) is 17.7. The van der Waals surface area contributed by atoms with Crippen LogP contribution in [0.5, 0.6) is 0 Å². The molecule has 1 aromatic rings. The molecule has 4 nitrogen and oxygen atoms in total. The zero-order chi connectivity index (χ0) is 17.0. The smallest absolute Gasteiger partial charge is 0.241 e. The molecule has 1 aliphatic heterocycles. The van der Waals surface area contributed by atoms with E-state index in [9.17, 15) is 13.6 Å². The molecule has 0 spiro atoms. The van der Waals surface area contributed by atoms with Gasteiger partial charge >= 0.3 is 0 Å². The van der Waals surface area contributed by atoms with Crippen molar-refractivity contribution in [3.8, 4) is 0 Å². The van der Waals surface area contributed by atoms with Crippen molar-refractivity contribution in [1.29, 1.82) is 0 Å². The number of nitrogens with one attached hydrogen (secondary N) is 1. The van der Waals surface area contributed by atoms with E-state index in [2.05, 4.69) is 17.1 Å². The van der Waals surface area contributed by atoms with Crippen molar-refractivity contribution in [3.63, 3.8) is 0 Å². The van der Waals surface area contributed by atoms with E-state index < -0.39 is 11.6 Å². The maximum Gasteiger partial charge on any atom is 0.241 e. The fraction of sp³-hybridized carbons (Fsp3) is 0.588. The van der Waals surface area contributed by atoms with Crippen molar-refractivity contribution in [2.75, 3.05) is 37.4 Å². The van der Waals surface area contributed by atoms with E-state index in [-0.39, 0.29) is 23.3 Å². The third kappa shape index (κ3) is 4.19. The van der Waals surface area contributed by atoms with Crippen molar-refractivity contribution in [3.05, 3.63) is 23.8 Å². The first-order valence-corrected chi connectivity index (χ1v) is 8.15. The van der Waals surface area contributed by atoms with E-state index >= 15 is 0 Å². The Bertz CT molecular complexity index is 538. The molecule has 1 saturated heterocycles. The van der Waals surface area contributed by atoms with Gasteiger partial charge in [-0.3, -0.25) is 9.69 Å². The molecule has 0 bridgehead atoms. The maximum absolute atomic E-state index is 14.0. The number of benzene rings is 1. The van der Waals surface area contributed by atoms with E-state index in [0.29, 0.717) is 0 Å². The van der Waals surface area contributed by atoms with E-state index in [1.54, 1.807) is 14.1 Å². The van der Waals surface area contributed by atoms with E-state index in [1.165, 1.54) is 17.0 Å². The lowest BCUT2D eigenvalue weighted by Gasteiger charge is -2.34. The van der Waals surface area contributed by atoms with Gasteiger partial charge in [0.05, 0.1) is 6.04 Å². The van der Waals surface area contributed by atoms with Crippen molar-refractivity contribution in [2.24, 2.45) is 0 Å². The minimum atomic E-state index is -0.681. The van der Waals surface area contributed by atoms with E-state index in [4.69, 9.17) is 0 Å². The summed E-state index contributed by atoms with van der Waals surface area (Å²) in [6.45, 7) is 3.84. The molecule has 0 aromatic heterocycles. The third-order valence-electron chi connectivity index (χ3n) is 4.16. The van der Waals surface area contributed by atoms with Gasteiger partial charge in [-0.1, -0.05) is 13.3 Å². The summed E-state index contributed by atoms with van der Waals surface area (Å²) in [7, 11) is 3.15. The lowest BCUT2D eigenvalue weighted by molar-refractivity contribution is -0.122. The molecule has 1 aromatic carbocycles. The molecule has 0 aliphatic carbocycles. The quantitative estimate of drug-likeness (QED) is 0.903. The predicted octanol–water partition coefficient (Wildman–Crippen LogP) is 3.23. The third-order valence-corrected chi connectivity index (χ3v) is 4.16. The van der Waals surface area contributed by atoms with Gasteiger partial charge < -0.3 is 10.2 Å². The molecule has 2 rings (SSSR count). The lowest BCUT2D eigenvalue weighted by Crippen LogP contribution is -2.47. The largest absolute Gasteiger partial charge is 0.373 e. The topological polar surface area (TPSA) is 35.6 Å². The van der Waals surface area contributed by atoms with Crippen LogP contribution in [0.15, 0.2) is 12.1 Å². The number of piperidine rings is 1. The number of hydrogen-bond donors (Lipinski definition) is 1. The molecule has 1 atom stereocenters. The molecule has 1 heterocycles. The number of amides is 1. The number of anilines is 2. The zero-order valence-electron chi connectivity index (χ0n) is 14.0. The summed E-state index contributed by atoms with van der Waals surface area (Å²) < 4.78 is 28.0. The van der Waals surface area contributed by atoms with Crippen LogP contribution >= 0.6 is 0 Å². The Morgan fingerprint density at radius 1 is 1.30 bits per heavy atom. The SMILES string of the molecule is CCCN1CCCCC1C(=O)Nc1cc(F)c(N(C)C)c(F)c1. The van der Waals surface area contributed by atoms with Crippen LogP contribution in [0.4, 0.5) is 20.2 Å². The first-order valence-electron chi connectivity index (χ1n) is 8.15. The highest BCUT2D eigenvalue weighted by atomic mass is 19.1. The van der Waals surface area contributed by atoms with Crippen LogP contribution in [0.2, 0.25) is 0 Å². The Labute approximate surface area is 136 Å². The average molecular weight is 325 g/mol. The standard InChI is InChI=1S/C17H25F2N3O/c1-4-8-22-9-6-5-7-15(22)17(23)20-12-10-13(18)16(21(2)3)14(19)11-12/h10-11,15H,4-9H2,1-3H3,(H,20,23). The van der Waals surface area contributed by atoms with Crippen molar-refractivity contribution < 1.29 is 13.6 Å². The molecule has 1 fully saturated rings. The van der Waals surface area contributed by atoms with Crippen molar-refractivity contribution in [1.82, 2.24) is 4.90 Å². The van der Waals surface area contributed by atoms with Crippen LogP contribution in [-0.4, -0.2) is 44.0 Å². The summed E-state index contributed by atoms with van der Waals surface area (Å²) in [5.41, 5.74) is 0.0610.